The maximum absolute atomic E-state index is 2.55. The van der Waals surface area contributed by atoms with Crippen LogP contribution in [0.5, 0.6) is 0 Å². The average Bonchev–Trinajstić information content (AvgIpc) is 3.63. The van der Waals surface area contributed by atoms with Crippen molar-refractivity contribution in [2.75, 3.05) is 4.90 Å². The number of rotatable bonds is 8. The summed E-state index contributed by atoms with van der Waals surface area (Å²) in [5.74, 6) is 2.85. The molecule has 10 aromatic rings. The van der Waals surface area contributed by atoms with Crippen molar-refractivity contribution in [1.82, 2.24) is 0 Å². The Bertz CT molecular complexity index is 3620. The molecule has 0 unspecified atom stereocenters. The molecule has 4 saturated carbocycles. The third-order valence-electron chi connectivity index (χ3n) is 17.5. The first kappa shape index (κ1) is 41.5. The van der Waals surface area contributed by atoms with Crippen LogP contribution < -0.4 is 4.90 Å². The Morgan fingerprint density at radius 1 is 0.357 bits per heavy atom. The lowest BCUT2D eigenvalue weighted by Gasteiger charge is -2.57. The van der Waals surface area contributed by atoms with Gasteiger partial charge in [0.15, 0.2) is 0 Å². The summed E-state index contributed by atoms with van der Waals surface area (Å²) in [5.41, 5.74) is 20.4. The molecule has 0 aromatic heterocycles. The Morgan fingerprint density at radius 2 is 0.829 bits per heavy atom. The predicted molar refractivity (Wildman–Crippen MR) is 295 cm³/mol. The zero-order chi connectivity index (χ0) is 46.6. The van der Waals surface area contributed by atoms with E-state index in [9.17, 15) is 0 Å². The van der Waals surface area contributed by atoms with Crippen LogP contribution in [-0.4, -0.2) is 0 Å². The molecule has 0 N–H and O–H groups in total. The zero-order valence-corrected chi connectivity index (χ0v) is 40.2. The molecule has 10 aromatic carbocycles. The van der Waals surface area contributed by atoms with E-state index in [1.165, 1.54) is 127 Å². The lowest BCUT2D eigenvalue weighted by Crippen LogP contribution is -2.48. The van der Waals surface area contributed by atoms with Gasteiger partial charge in [0.1, 0.15) is 0 Å². The minimum absolute atomic E-state index is 0.159. The summed E-state index contributed by atoms with van der Waals surface area (Å²) in [6.45, 7) is 4.77. The summed E-state index contributed by atoms with van der Waals surface area (Å²) in [6, 6.07) is 82.6. The Kier molecular flexibility index (Phi) is 9.51. The van der Waals surface area contributed by atoms with E-state index >= 15 is 0 Å². The second kappa shape index (κ2) is 16.0. The fourth-order valence-corrected chi connectivity index (χ4v) is 14.5. The molecule has 0 atom stereocenters. The number of hydrogen-bond acceptors (Lipinski definition) is 1. The molecular formula is C69H57N. The molecule has 5 aliphatic carbocycles. The standard InChI is InChI=1S/C69H57N/c1-68(2)64-23-9-7-19-60(64)61-35-34-55(41-65(61)68)70(66-24-10-8-20-62(66)58-21-11-15-51-13-3-5-17-56(51)58)67-36-31-53(40-63(67)59-22-12-16-52-14-4-6-18-57(52)59)50-27-25-48(26-28-50)49-29-32-54(33-30-49)69-42-45-37-46(43-69)39-47(38-45)44-69/h3-36,40-41,45-47H,37-39,42-44H2,1-2H3. The summed E-state index contributed by atoms with van der Waals surface area (Å²) >= 11 is 0. The van der Waals surface area contributed by atoms with Gasteiger partial charge in [-0.05, 0) is 175 Å². The van der Waals surface area contributed by atoms with Crippen molar-refractivity contribution in [3.8, 4) is 55.6 Å². The van der Waals surface area contributed by atoms with Crippen LogP contribution in [0.1, 0.15) is 69.1 Å². The molecule has 4 fully saturated rings. The maximum Gasteiger partial charge on any atom is 0.0540 e. The molecule has 0 saturated heterocycles. The third-order valence-corrected chi connectivity index (χ3v) is 17.5. The molecule has 1 nitrogen and oxygen atoms in total. The fourth-order valence-electron chi connectivity index (χ4n) is 14.5. The molecule has 15 rings (SSSR count). The fraction of sp³-hybridized carbons (Fsp3) is 0.188. The maximum atomic E-state index is 2.55. The SMILES string of the molecule is CC1(C)c2ccccc2-c2ccc(N(c3ccccc3-c3cccc4ccccc34)c3ccc(-c4ccc(-c5ccc(C67CC8CC(CC(C8)C6)C7)cc5)cc4)cc3-c3cccc4ccccc34)cc21. The van der Waals surface area contributed by atoms with E-state index in [1.807, 2.05) is 0 Å². The van der Waals surface area contributed by atoms with E-state index in [0.717, 1.165) is 34.8 Å². The van der Waals surface area contributed by atoms with Gasteiger partial charge in [0, 0.05) is 22.2 Å². The molecule has 0 spiro atoms. The summed E-state index contributed by atoms with van der Waals surface area (Å²) in [4.78, 5) is 2.55. The van der Waals surface area contributed by atoms with E-state index in [2.05, 4.69) is 237 Å². The molecule has 4 bridgehead atoms. The van der Waals surface area contributed by atoms with Crippen LogP contribution in [-0.2, 0) is 10.8 Å². The minimum atomic E-state index is -0.159. The lowest BCUT2D eigenvalue weighted by molar-refractivity contribution is -0.00518. The van der Waals surface area contributed by atoms with Gasteiger partial charge in [-0.15, -0.1) is 0 Å². The molecule has 0 radical (unpaired) electrons. The largest absolute Gasteiger partial charge is 0.309 e. The first-order valence-corrected chi connectivity index (χ1v) is 25.8. The topological polar surface area (TPSA) is 3.24 Å². The zero-order valence-electron chi connectivity index (χ0n) is 40.2. The molecule has 0 amide bonds. The van der Waals surface area contributed by atoms with Gasteiger partial charge in [0.2, 0.25) is 0 Å². The van der Waals surface area contributed by atoms with Crippen molar-refractivity contribution in [3.05, 3.63) is 235 Å². The Hall–Kier alpha value is -7.48. The number of hydrogen-bond donors (Lipinski definition) is 0. The van der Waals surface area contributed by atoms with Gasteiger partial charge < -0.3 is 4.90 Å². The average molecular weight is 900 g/mol. The Labute approximate surface area is 413 Å². The highest BCUT2D eigenvalue weighted by molar-refractivity contribution is 6.06. The van der Waals surface area contributed by atoms with Crippen LogP contribution in [0.2, 0.25) is 0 Å². The van der Waals surface area contributed by atoms with Gasteiger partial charge in [-0.25, -0.2) is 0 Å². The van der Waals surface area contributed by atoms with Crippen molar-refractivity contribution in [3.63, 3.8) is 0 Å². The highest BCUT2D eigenvalue weighted by Gasteiger charge is 2.51. The second-order valence-corrected chi connectivity index (χ2v) is 21.9. The van der Waals surface area contributed by atoms with Gasteiger partial charge >= 0.3 is 0 Å². The normalized spacial score (nSPS) is 20.4. The van der Waals surface area contributed by atoms with Crippen LogP contribution in [0.3, 0.4) is 0 Å². The van der Waals surface area contributed by atoms with Crippen LogP contribution >= 0.6 is 0 Å². The van der Waals surface area contributed by atoms with Crippen molar-refractivity contribution >= 4 is 38.6 Å². The van der Waals surface area contributed by atoms with Crippen LogP contribution in [0.4, 0.5) is 17.1 Å². The summed E-state index contributed by atoms with van der Waals surface area (Å²) < 4.78 is 0. The summed E-state index contributed by atoms with van der Waals surface area (Å²) in [6.07, 6.45) is 8.66. The molecule has 0 aliphatic heterocycles. The van der Waals surface area contributed by atoms with Crippen LogP contribution in [0.15, 0.2) is 218 Å². The highest BCUT2D eigenvalue weighted by atomic mass is 15.1. The van der Waals surface area contributed by atoms with E-state index in [-0.39, 0.29) is 5.41 Å². The first-order valence-electron chi connectivity index (χ1n) is 25.8. The molecule has 338 valence electrons. The van der Waals surface area contributed by atoms with Gasteiger partial charge in [-0.3, -0.25) is 0 Å². The Balaban J connectivity index is 0.923. The van der Waals surface area contributed by atoms with Gasteiger partial charge in [-0.1, -0.05) is 202 Å². The summed E-state index contributed by atoms with van der Waals surface area (Å²) in [5, 5.41) is 4.95. The van der Waals surface area contributed by atoms with Crippen molar-refractivity contribution in [1.29, 1.82) is 0 Å². The van der Waals surface area contributed by atoms with E-state index in [0.29, 0.717) is 5.41 Å². The quantitative estimate of drug-likeness (QED) is 0.147. The van der Waals surface area contributed by atoms with Crippen molar-refractivity contribution < 1.29 is 0 Å². The molecular weight excluding hydrogens is 843 g/mol. The Morgan fingerprint density at radius 3 is 1.49 bits per heavy atom. The van der Waals surface area contributed by atoms with Crippen LogP contribution in [0.25, 0.3) is 77.2 Å². The highest BCUT2D eigenvalue weighted by Crippen LogP contribution is 2.61. The number of benzene rings is 10. The first-order chi connectivity index (χ1) is 34.4. The molecule has 0 heterocycles. The van der Waals surface area contributed by atoms with E-state index in [1.54, 1.807) is 5.56 Å². The van der Waals surface area contributed by atoms with Crippen molar-refractivity contribution in [2.24, 2.45) is 17.8 Å². The minimum Gasteiger partial charge on any atom is -0.309 e. The number of para-hydroxylation sites is 1. The number of anilines is 3. The monoisotopic (exact) mass is 899 g/mol. The van der Waals surface area contributed by atoms with Crippen molar-refractivity contribution in [2.45, 2.75) is 63.2 Å². The predicted octanol–water partition coefficient (Wildman–Crippen LogP) is 18.9. The summed E-state index contributed by atoms with van der Waals surface area (Å²) in [7, 11) is 0. The second-order valence-electron chi connectivity index (χ2n) is 21.9. The van der Waals surface area contributed by atoms with Gasteiger partial charge in [0.05, 0.1) is 11.4 Å². The number of fused-ring (bicyclic) bond motifs is 5. The molecule has 5 aliphatic rings. The van der Waals surface area contributed by atoms with Crippen LogP contribution in [0, 0.1) is 17.8 Å². The smallest absolute Gasteiger partial charge is 0.0540 e. The molecule has 70 heavy (non-hydrogen) atoms. The lowest BCUT2D eigenvalue weighted by atomic mass is 9.48. The van der Waals surface area contributed by atoms with E-state index < -0.39 is 0 Å². The molecule has 1 heteroatoms. The van der Waals surface area contributed by atoms with E-state index in [4.69, 9.17) is 0 Å². The van der Waals surface area contributed by atoms with Gasteiger partial charge in [0.25, 0.3) is 0 Å². The number of nitrogens with zero attached hydrogens (tertiary/aromatic N) is 1. The van der Waals surface area contributed by atoms with Gasteiger partial charge in [-0.2, -0.15) is 0 Å². The third kappa shape index (κ3) is 6.65.